The molecule has 4 unspecified atom stereocenters. The number of rotatable bonds is 8. The van der Waals surface area contributed by atoms with Crippen LogP contribution in [0.25, 0.3) is 0 Å². The first-order chi connectivity index (χ1) is 13.4. The van der Waals surface area contributed by atoms with Crippen LogP contribution >= 0.6 is 23.2 Å². The monoisotopic (exact) mass is 448 g/mol. The largest absolute Gasteiger partial charge is 0.328 e. The van der Waals surface area contributed by atoms with Crippen LogP contribution in [0.4, 0.5) is 9.59 Å². The van der Waals surface area contributed by atoms with Gasteiger partial charge in [-0.25, -0.2) is 9.59 Å². The molecule has 6 amide bonds. The number of alkyl halides is 2. The molecule has 0 saturated carbocycles. The molecule has 0 aromatic carbocycles. The Labute approximate surface area is 182 Å². The molecule has 2 aliphatic heterocycles. The van der Waals surface area contributed by atoms with Crippen LogP contribution in [0.5, 0.6) is 0 Å². The lowest BCUT2D eigenvalue weighted by molar-refractivity contribution is -0.129. The number of amides is 6. The lowest BCUT2D eigenvalue weighted by Crippen LogP contribution is -2.50. The Bertz CT molecular complexity index is 627. The van der Waals surface area contributed by atoms with Gasteiger partial charge in [-0.05, 0) is 25.7 Å². The minimum atomic E-state index is -0.713. The molecule has 0 aromatic heterocycles. The van der Waals surface area contributed by atoms with Crippen molar-refractivity contribution in [1.29, 1.82) is 0 Å². The Kier molecular flexibility index (Phi) is 7.43. The van der Waals surface area contributed by atoms with E-state index in [0.29, 0.717) is 0 Å². The molecule has 0 aliphatic carbocycles. The highest BCUT2D eigenvalue weighted by atomic mass is 35.5. The van der Waals surface area contributed by atoms with E-state index in [9.17, 15) is 19.2 Å². The average molecular weight is 449 g/mol. The summed E-state index contributed by atoms with van der Waals surface area (Å²) in [5.41, 5.74) is 0. The Morgan fingerprint density at radius 2 is 1.00 bits per heavy atom. The second-order valence-electron chi connectivity index (χ2n) is 8.48. The van der Waals surface area contributed by atoms with Crippen LogP contribution in [-0.2, 0) is 9.59 Å². The highest BCUT2D eigenvalue weighted by Gasteiger charge is 2.52. The minimum Gasteiger partial charge on any atom is -0.294 e. The van der Waals surface area contributed by atoms with E-state index in [1.54, 1.807) is 13.8 Å². The van der Waals surface area contributed by atoms with E-state index in [-0.39, 0.29) is 43.4 Å². The average Bonchev–Trinajstić information content (AvgIpc) is 2.94. The molecule has 2 rings (SSSR count). The van der Waals surface area contributed by atoms with E-state index >= 15 is 0 Å². The summed E-state index contributed by atoms with van der Waals surface area (Å²) in [6.45, 7) is 10.8. The zero-order valence-corrected chi connectivity index (χ0v) is 19.3. The van der Waals surface area contributed by atoms with E-state index < -0.39 is 34.9 Å². The van der Waals surface area contributed by atoms with Gasteiger partial charge < -0.3 is 0 Å². The highest BCUT2D eigenvalue weighted by Crippen LogP contribution is 2.29. The molecule has 4 atom stereocenters. The topological polar surface area (TPSA) is 81.2 Å². The zero-order valence-electron chi connectivity index (χ0n) is 17.8. The minimum absolute atomic E-state index is 0.0926. The van der Waals surface area contributed by atoms with Crippen LogP contribution in [0, 0.1) is 11.8 Å². The molecule has 2 fully saturated rings. The highest BCUT2D eigenvalue weighted by molar-refractivity contribution is 6.21. The Morgan fingerprint density at radius 1 is 0.690 bits per heavy atom. The molecule has 164 valence electrons. The quantitative estimate of drug-likeness (QED) is 0.422. The van der Waals surface area contributed by atoms with Crippen molar-refractivity contribution in [3.8, 4) is 0 Å². The van der Waals surface area contributed by atoms with Crippen molar-refractivity contribution in [1.82, 2.24) is 19.6 Å². The second-order valence-corrected chi connectivity index (χ2v) is 9.97. The van der Waals surface area contributed by atoms with Crippen LogP contribution in [0.3, 0.4) is 0 Å². The van der Waals surface area contributed by atoms with E-state index in [4.69, 9.17) is 23.2 Å². The van der Waals surface area contributed by atoms with Gasteiger partial charge >= 0.3 is 12.1 Å². The fraction of sp³-hybridized carbons (Fsp3) is 0.789. The predicted molar refractivity (Wildman–Crippen MR) is 111 cm³/mol. The third kappa shape index (κ3) is 4.63. The number of hydrogen-bond donors (Lipinski definition) is 0. The zero-order chi connectivity index (χ0) is 22.2. The molecular weight excluding hydrogens is 419 g/mol. The van der Waals surface area contributed by atoms with Crippen LogP contribution in [0.15, 0.2) is 0 Å². The molecule has 2 saturated heterocycles. The number of carbonyl (C=O) groups excluding carboxylic acids is 4. The smallest absolute Gasteiger partial charge is 0.294 e. The first-order valence-corrected chi connectivity index (χ1v) is 10.8. The Hall–Kier alpha value is -1.54. The lowest BCUT2D eigenvalue weighted by atomic mass is 10.0. The summed E-state index contributed by atoms with van der Waals surface area (Å²) in [5.74, 6) is -0.982. The summed E-state index contributed by atoms with van der Waals surface area (Å²) < 4.78 is 0. The summed E-state index contributed by atoms with van der Waals surface area (Å²) in [4.78, 5) is 56.7. The molecule has 0 spiro atoms. The maximum Gasteiger partial charge on any atom is 0.328 e. The molecule has 29 heavy (non-hydrogen) atoms. The van der Waals surface area contributed by atoms with Crippen LogP contribution in [-0.4, -0.2) is 86.1 Å². The van der Waals surface area contributed by atoms with Gasteiger partial charge in [-0.3, -0.25) is 29.2 Å². The van der Waals surface area contributed by atoms with Gasteiger partial charge in [-0.2, -0.15) is 0 Å². The predicted octanol–water partition coefficient (Wildman–Crippen LogP) is 2.78. The van der Waals surface area contributed by atoms with Crippen molar-refractivity contribution in [3.05, 3.63) is 0 Å². The Balaban J connectivity index is 2.35. The second kappa shape index (κ2) is 9.08. The van der Waals surface area contributed by atoms with Gasteiger partial charge in [0.15, 0.2) is 0 Å². The van der Waals surface area contributed by atoms with Crippen molar-refractivity contribution >= 4 is 47.1 Å². The maximum absolute atomic E-state index is 13.0. The summed E-state index contributed by atoms with van der Waals surface area (Å²) in [5, 5.41) is -0.787. The number of imide groups is 2. The van der Waals surface area contributed by atoms with Gasteiger partial charge in [0.2, 0.25) is 0 Å². The summed E-state index contributed by atoms with van der Waals surface area (Å²) in [7, 11) is 0. The van der Waals surface area contributed by atoms with Gasteiger partial charge in [0.1, 0.15) is 18.8 Å². The molecular formula is C19H30Cl2N4O4. The number of hydrogen-bond acceptors (Lipinski definition) is 4. The maximum atomic E-state index is 13.0. The van der Waals surface area contributed by atoms with Gasteiger partial charge in [-0.15, -0.1) is 23.2 Å². The summed E-state index contributed by atoms with van der Waals surface area (Å²) in [6.07, 6.45) is 0. The number of halogens is 2. The molecule has 2 aliphatic rings. The first-order valence-electron chi connectivity index (χ1n) is 9.90. The fourth-order valence-corrected chi connectivity index (χ4v) is 4.19. The molecule has 0 bridgehead atoms. The van der Waals surface area contributed by atoms with Crippen molar-refractivity contribution in [2.24, 2.45) is 11.8 Å². The lowest BCUT2D eigenvalue weighted by Gasteiger charge is -2.32. The molecule has 10 heteroatoms. The number of urea groups is 2. The summed E-state index contributed by atoms with van der Waals surface area (Å²) in [6, 6.07) is -2.41. The number of nitrogens with zero attached hydrogens (tertiary/aromatic N) is 4. The molecule has 0 N–H and O–H groups in total. The normalized spacial score (nSPS) is 25.3. The van der Waals surface area contributed by atoms with Crippen LogP contribution in [0.1, 0.15) is 41.5 Å². The summed E-state index contributed by atoms with van der Waals surface area (Å²) >= 11 is 12.0. The van der Waals surface area contributed by atoms with Crippen molar-refractivity contribution in [2.75, 3.05) is 19.8 Å². The molecule has 2 heterocycles. The third-order valence-electron chi connectivity index (χ3n) is 5.10. The van der Waals surface area contributed by atoms with Crippen LogP contribution < -0.4 is 0 Å². The third-order valence-corrected chi connectivity index (χ3v) is 5.37. The van der Waals surface area contributed by atoms with E-state index in [2.05, 4.69) is 0 Å². The molecule has 8 nitrogen and oxygen atoms in total. The van der Waals surface area contributed by atoms with Gasteiger partial charge in [0.05, 0.1) is 0 Å². The van der Waals surface area contributed by atoms with Crippen molar-refractivity contribution < 1.29 is 19.2 Å². The SMILES string of the molecule is CC(Cl)CN1C(=O)C(C(C)C)N(CN2C(=O)N(CC(C)Cl)C(=O)C2C(C)C)C1=O. The van der Waals surface area contributed by atoms with Crippen molar-refractivity contribution in [2.45, 2.75) is 64.4 Å². The van der Waals surface area contributed by atoms with Gasteiger partial charge in [0, 0.05) is 23.8 Å². The number of carbonyl (C=O) groups is 4. The van der Waals surface area contributed by atoms with Crippen molar-refractivity contribution in [3.63, 3.8) is 0 Å². The van der Waals surface area contributed by atoms with Crippen LogP contribution in [0.2, 0.25) is 0 Å². The standard InChI is InChI=1S/C19H30Cl2N4O4/c1-10(2)14-16(26)22(7-12(5)20)18(28)24(14)9-25-15(11(3)4)17(27)23(19(25)29)8-13(6)21/h10-15H,7-9H2,1-6H3. The van der Waals surface area contributed by atoms with Gasteiger partial charge in [0.25, 0.3) is 11.8 Å². The van der Waals surface area contributed by atoms with Gasteiger partial charge in [-0.1, -0.05) is 27.7 Å². The fourth-order valence-electron chi connectivity index (χ4n) is 3.91. The Morgan fingerprint density at radius 3 is 1.24 bits per heavy atom. The molecule has 0 radical (unpaired) electrons. The first kappa shape index (κ1) is 23.7. The molecule has 0 aromatic rings. The van der Waals surface area contributed by atoms with E-state index in [1.165, 1.54) is 9.80 Å². The van der Waals surface area contributed by atoms with E-state index in [0.717, 1.165) is 9.80 Å². The van der Waals surface area contributed by atoms with E-state index in [1.807, 2.05) is 27.7 Å².